The van der Waals surface area contributed by atoms with Gasteiger partial charge in [-0.25, -0.2) is 4.98 Å². The van der Waals surface area contributed by atoms with Gasteiger partial charge in [-0.05, 0) is 24.6 Å². The molecular weight excluding hydrogens is 396 g/mol. The summed E-state index contributed by atoms with van der Waals surface area (Å²) in [5.74, 6) is -0.276. The Morgan fingerprint density at radius 1 is 1.03 bits per heavy atom. The quantitative estimate of drug-likeness (QED) is 0.489. The van der Waals surface area contributed by atoms with Gasteiger partial charge in [0, 0.05) is 29.5 Å². The largest absolute Gasteiger partial charge is 0.350 e. The van der Waals surface area contributed by atoms with Gasteiger partial charge < -0.3 is 5.32 Å². The van der Waals surface area contributed by atoms with Crippen LogP contribution >= 0.6 is 11.3 Å². The molecule has 1 unspecified atom stereocenters. The third kappa shape index (κ3) is 4.21. The van der Waals surface area contributed by atoms with Crippen LogP contribution in [0.2, 0.25) is 0 Å². The number of hydrogen-bond acceptors (Lipinski definition) is 5. The summed E-state index contributed by atoms with van der Waals surface area (Å²) in [5, 5.41) is 9.00. The minimum atomic E-state index is -0.214. The molecule has 6 nitrogen and oxygen atoms in total. The fourth-order valence-electron chi connectivity index (χ4n) is 3.25. The summed E-state index contributed by atoms with van der Waals surface area (Å²) in [7, 11) is 0. The topological polar surface area (TPSA) is 84.0 Å². The SMILES string of the molecule is CC(=O)NC(C)c1ccc(-c2csc(NC(=O)c3ccnc4ccccc34)n2)cc1. The molecule has 0 bridgehead atoms. The first-order chi connectivity index (χ1) is 14.5. The van der Waals surface area contributed by atoms with Gasteiger partial charge >= 0.3 is 0 Å². The number of benzene rings is 2. The van der Waals surface area contributed by atoms with E-state index in [9.17, 15) is 9.59 Å². The lowest BCUT2D eigenvalue weighted by molar-refractivity contribution is -0.119. The smallest absolute Gasteiger partial charge is 0.258 e. The van der Waals surface area contributed by atoms with Gasteiger partial charge in [0.2, 0.25) is 5.91 Å². The highest BCUT2D eigenvalue weighted by atomic mass is 32.1. The Balaban J connectivity index is 1.50. The van der Waals surface area contributed by atoms with Crippen LogP contribution in [-0.2, 0) is 4.79 Å². The standard InChI is InChI=1S/C23H20N4O2S/c1-14(25-15(2)28)16-7-9-17(10-8-16)21-13-30-23(26-21)27-22(29)19-11-12-24-20-6-4-3-5-18(19)20/h3-14H,1-2H3,(H,25,28)(H,26,27,29). The zero-order valence-corrected chi connectivity index (χ0v) is 17.4. The Morgan fingerprint density at radius 3 is 2.57 bits per heavy atom. The first-order valence-electron chi connectivity index (χ1n) is 9.49. The van der Waals surface area contributed by atoms with Crippen LogP contribution in [0.3, 0.4) is 0 Å². The number of rotatable bonds is 5. The van der Waals surface area contributed by atoms with Crippen LogP contribution in [0.4, 0.5) is 5.13 Å². The second kappa shape index (κ2) is 8.42. The van der Waals surface area contributed by atoms with Crippen molar-refractivity contribution >= 4 is 39.2 Å². The highest BCUT2D eigenvalue weighted by molar-refractivity contribution is 7.14. The lowest BCUT2D eigenvalue weighted by Crippen LogP contribution is -2.23. The number of hydrogen-bond donors (Lipinski definition) is 2. The van der Waals surface area contributed by atoms with E-state index >= 15 is 0 Å². The van der Waals surface area contributed by atoms with Crippen molar-refractivity contribution in [3.05, 3.63) is 77.3 Å². The van der Waals surface area contributed by atoms with E-state index in [1.165, 1.54) is 18.3 Å². The minimum Gasteiger partial charge on any atom is -0.350 e. The fourth-order valence-corrected chi connectivity index (χ4v) is 3.97. The van der Waals surface area contributed by atoms with Crippen LogP contribution in [-0.4, -0.2) is 21.8 Å². The van der Waals surface area contributed by atoms with Crippen LogP contribution in [0.5, 0.6) is 0 Å². The molecule has 30 heavy (non-hydrogen) atoms. The van der Waals surface area contributed by atoms with Crippen LogP contribution in [0.1, 0.15) is 35.8 Å². The maximum Gasteiger partial charge on any atom is 0.258 e. The molecule has 2 N–H and O–H groups in total. The molecule has 0 saturated heterocycles. The lowest BCUT2D eigenvalue weighted by atomic mass is 10.1. The van der Waals surface area contributed by atoms with E-state index in [1.54, 1.807) is 12.3 Å². The molecular formula is C23H20N4O2S. The molecule has 0 aliphatic rings. The third-order valence-corrected chi connectivity index (χ3v) is 5.50. The van der Waals surface area contributed by atoms with Crippen LogP contribution in [0, 0.1) is 0 Å². The van der Waals surface area contributed by atoms with Crippen molar-refractivity contribution in [3.8, 4) is 11.3 Å². The summed E-state index contributed by atoms with van der Waals surface area (Å²) in [4.78, 5) is 32.8. The zero-order chi connectivity index (χ0) is 21.1. The molecule has 0 radical (unpaired) electrons. The predicted molar refractivity (Wildman–Crippen MR) is 119 cm³/mol. The summed E-state index contributed by atoms with van der Waals surface area (Å²) in [5.41, 5.74) is 4.09. The number of anilines is 1. The number of para-hydroxylation sites is 1. The number of aromatic nitrogens is 2. The van der Waals surface area contributed by atoms with E-state index in [-0.39, 0.29) is 17.9 Å². The Kier molecular flexibility index (Phi) is 5.54. The molecule has 2 aromatic heterocycles. The maximum absolute atomic E-state index is 12.8. The third-order valence-electron chi connectivity index (χ3n) is 4.74. The van der Waals surface area contributed by atoms with Crippen molar-refractivity contribution in [2.75, 3.05) is 5.32 Å². The Morgan fingerprint density at radius 2 is 1.80 bits per heavy atom. The molecule has 2 aromatic carbocycles. The van der Waals surface area contributed by atoms with Gasteiger partial charge in [-0.15, -0.1) is 11.3 Å². The molecule has 7 heteroatoms. The van der Waals surface area contributed by atoms with Crippen molar-refractivity contribution in [1.29, 1.82) is 0 Å². The molecule has 4 rings (SSSR count). The molecule has 0 fully saturated rings. The van der Waals surface area contributed by atoms with Crippen LogP contribution in [0.25, 0.3) is 22.2 Å². The zero-order valence-electron chi connectivity index (χ0n) is 16.5. The van der Waals surface area contributed by atoms with Crippen molar-refractivity contribution in [2.24, 2.45) is 0 Å². The summed E-state index contributed by atoms with van der Waals surface area (Å²) < 4.78 is 0. The molecule has 2 amide bonds. The van der Waals surface area contributed by atoms with Crippen molar-refractivity contribution in [3.63, 3.8) is 0 Å². The Hall–Kier alpha value is -3.58. The highest BCUT2D eigenvalue weighted by Gasteiger charge is 2.13. The van der Waals surface area contributed by atoms with E-state index in [1.807, 2.05) is 60.8 Å². The number of fused-ring (bicyclic) bond motifs is 1. The van der Waals surface area contributed by atoms with Gasteiger partial charge in [0.05, 0.1) is 22.8 Å². The molecule has 0 aliphatic carbocycles. The molecule has 4 aromatic rings. The van der Waals surface area contributed by atoms with Gasteiger partial charge in [0.1, 0.15) is 0 Å². The average Bonchev–Trinajstić information content (AvgIpc) is 3.21. The van der Waals surface area contributed by atoms with Crippen molar-refractivity contribution in [1.82, 2.24) is 15.3 Å². The minimum absolute atomic E-state index is 0.0583. The fraction of sp³-hybridized carbons (Fsp3) is 0.130. The number of pyridine rings is 1. The Bertz CT molecular complexity index is 1210. The molecule has 0 spiro atoms. The number of nitrogens with one attached hydrogen (secondary N) is 2. The van der Waals surface area contributed by atoms with Gasteiger partial charge in [0.25, 0.3) is 5.91 Å². The molecule has 150 valence electrons. The monoisotopic (exact) mass is 416 g/mol. The second-order valence-electron chi connectivity index (χ2n) is 6.91. The van der Waals surface area contributed by atoms with Gasteiger partial charge in [-0.1, -0.05) is 42.5 Å². The number of carbonyl (C=O) groups excluding carboxylic acids is 2. The number of thiazole rings is 1. The summed E-state index contributed by atoms with van der Waals surface area (Å²) in [6, 6.07) is 17.1. The number of carbonyl (C=O) groups is 2. The van der Waals surface area contributed by atoms with Crippen LogP contribution < -0.4 is 10.6 Å². The lowest BCUT2D eigenvalue weighted by Gasteiger charge is -2.13. The molecule has 0 saturated carbocycles. The molecule has 0 aliphatic heterocycles. The van der Waals surface area contributed by atoms with E-state index in [0.29, 0.717) is 10.7 Å². The van der Waals surface area contributed by atoms with Crippen LogP contribution in [0.15, 0.2) is 66.2 Å². The van der Waals surface area contributed by atoms with Gasteiger partial charge in [-0.2, -0.15) is 0 Å². The van der Waals surface area contributed by atoms with E-state index < -0.39 is 0 Å². The number of nitrogens with zero attached hydrogens (tertiary/aromatic N) is 2. The van der Waals surface area contributed by atoms with Crippen molar-refractivity contribution < 1.29 is 9.59 Å². The van der Waals surface area contributed by atoms with Gasteiger partial charge in [-0.3, -0.25) is 19.9 Å². The van der Waals surface area contributed by atoms with Crippen molar-refractivity contribution in [2.45, 2.75) is 19.9 Å². The van der Waals surface area contributed by atoms with E-state index in [4.69, 9.17) is 0 Å². The predicted octanol–water partition coefficient (Wildman–Crippen LogP) is 4.81. The molecule has 2 heterocycles. The first-order valence-corrected chi connectivity index (χ1v) is 10.4. The second-order valence-corrected chi connectivity index (χ2v) is 7.77. The molecule has 1 atom stereocenters. The van der Waals surface area contributed by atoms with Gasteiger partial charge in [0.15, 0.2) is 5.13 Å². The van der Waals surface area contributed by atoms with E-state index in [2.05, 4.69) is 20.6 Å². The highest BCUT2D eigenvalue weighted by Crippen LogP contribution is 2.27. The number of amides is 2. The Labute approximate surface area is 178 Å². The maximum atomic E-state index is 12.8. The average molecular weight is 417 g/mol. The summed E-state index contributed by atoms with van der Waals surface area (Å²) in [6.45, 7) is 3.44. The summed E-state index contributed by atoms with van der Waals surface area (Å²) >= 11 is 1.38. The van der Waals surface area contributed by atoms with E-state index in [0.717, 1.165) is 27.7 Å². The first kappa shape index (κ1) is 19.7. The summed E-state index contributed by atoms with van der Waals surface area (Å²) in [6.07, 6.45) is 1.63. The normalized spacial score (nSPS) is 11.8.